The van der Waals surface area contributed by atoms with Gasteiger partial charge in [-0.05, 0) is 44.2 Å². The SMILES string of the molecule is C=CCC(C(=O)N[C@H](C)CO)C(=O)N[C@H](C)[C@@H](OC(=O)[C@H](CC=C)Cc1ccccc1)c1ccccc1. The van der Waals surface area contributed by atoms with Gasteiger partial charge in [-0.15, -0.1) is 13.2 Å². The second-order valence-corrected chi connectivity index (χ2v) is 9.15. The molecule has 0 aliphatic carbocycles. The molecule has 0 heterocycles. The lowest BCUT2D eigenvalue weighted by Crippen LogP contribution is -2.48. The Labute approximate surface area is 219 Å². The summed E-state index contributed by atoms with van der Waals surface area (Å²) < 4.78 is 6.01. The zero-order valence-corrected chi connectivity index (χ0v) is 21.6. The Morgan fingerprint density at radius 2 is 1.46 bits per heavy atom. The Morgan fingerprint density at radius 3 is 2.03 bits per heavy atom. The van der Waals surface area contributed by atoms with Gasteiger partial charge in [-0.1, -0.05) is 72.8 Å². The van der Waals surface area contributed by atoms with Crippen molar-refractivity contribution in [2.75, 3.05) is 6.61 Å². The molecule has 2 aromatic carbocycles. The van der Waals surface area contributed by atoms with Crippen molar-refractivity contribution in [1.82, 2.24) is 10.6 Å². The molecule has 198 valence electrons. The third kappa shape index (κ3) is 9.35. The lowest BCUT2D eigenvalue weighted by Gasteiger charge is -2.28. The number of allylic oxidation sites excluding steroid dienone is 2. The molecule has 0 aliphatic heterocycles. The predicted molar refractivity (Wildman–Crippen MR) is 144 cm³/mol. The van der Waals surface area contributed by atoms with Crippen LogP contribution in [0.15, 0.2) is 86.0 Å². The Morgan fingerprint density at radius 1 is 0.892 bits per heavy atom. The summed E-state index contributed by atoms with van der Waals surface area (Å²) in [5, 5.41) is 14.7. The van der Waals surface area contributed by atoms with E-state index in [0.717, 1.165) is 11.1 Å². The molecule has 3 N–H and O–H groups in total. The number of ether oxygens (including phenoxy) is 1. The van der Waals surface area contributed by atoms with Gasteiger partial charge in [-0.25, -0.2) is 0 Å². The largest absolute Gasteiger partial charge is 0.455 e. The second kappa shape index (κ2) is 15.4. The van der Waals surface area contributed by atoms with Crippen molar-refractivity contribution in [3.8, 4) is 0 Å². The maximum absolute atomic E-state index is 13.3. The molecule has 7 heteroatoms. The monoisotopic (exact) mass is 506 g/mol. The fraction of sp³-hybridized carbons (Fsp3) is 0.367. The van der Waals surface area contributed by atoms with Crippen molar-refractivity contribution in [1.29, 1.82) is 0 Å². The molecule has 1 unspecified atom stereocenters. The van der Waals surface area contributed by atoms with Crippen molar-refractivity contribution in [3.63, 3.8) is 0 Å². The van der Waals surface area contributed by atoms with Gasteiger partial charge in [-0.2, -0.15) is 0 Å². The zero-order chi connectivity index (χ0) is 27.2. The maximum Gasteiger partial charge on any atom is 0.310 e. The van der Waals surface area contributed by atoms with Crippen molar-refractivity contribution >= 4 is 17.8 Å². The van der Waals surface area contributed by atoms with Crippen LogP contribution < -0.4 is 10.6 Å². The van der Waals surface area contributed by atoms with E-state index in [1.165, 1.54) is 6.08 Å². The molecule has 37 heavy (non-hydrogen) atoms. The van der Waals surface area contributed by atoms with Crippen molar-refractivity contribution in [3.05, 3.63) is 97.1 Å². The highest BCUT2D eigenvalue weighted by Crippen LogP contribution is 2.25. The average Bonchev–Trinajstić information content (AvgIpc) is 2.90. The molecule has 2 aromatic rings. The molecule has 2 amide bonds. The van der Waals surface area contributed by atoms with E-state index in [1.54, 1.807) is 19.9 Å². The summed E-state index contributed by atoms with van der Waals surface area (Å²) in [6.45, 7) is 10.6. The fourth-order valence-electron chi connectivity index (χ4n) is 3.98. The maximum atomic E-state index is 13.3. The van der Waals surface area contributed by atoms with Crippen molar-refractivity contribution in [2.45, 2.75) is 51.3 Å². The van der Waals surface area contributed by atoms with Gasteiger partial charge in [0.1, 0.15) is 12.0 Å². The number of hydrogen-bond donors (Lipinski definition) is 3. The van der Waals surface area contributed by atoms with E-state index in [-0.39, 0.29) is 13.0 Å². The minimum absolute atomic E-state index is 0.122. The van der Waals surface area contributed by atoms with E-state index >= 15 is 0 Å². The van der Waals surface area contributed by atoms with Gasteiger partial charge in [-0.3, -0.25) is 14.4 Å². The Kier molecular flexibility index (Phi) is 12.3. The van der Waals surface area contributed by atoms with Crippen molar-refractivity contribution in [2.24, 2.45) is 11.8 Å². The smallest absolute Gasteiger partial charge is 0.310 e. The molecular formula is C30H38N2O5. The van der Waals surface area contributed by atoms with E-state index in [0.29, 0.717) is 12.8 Å². The van der Waals surface area contributed by atoms with Crippen LogP contribution in [0.4, 0.5) is 0 Å². The molecule has 2 rings (SSSR count). The number of carbonyl (C=O) groups excluding carboxylic acids is 3. The summed E-state index contributed by atoms with van der Waals surface area (Å²) in [6, 6.07) is 17.8. The van der Waals surface area contributed by atoms with Crippen LogP contribution in [0.5, 0.6) is 0 Å². The normalized spacial score (nSPS) is 14.8. The summed E-state index contributed by atoms with van der Waals surface area (Å²) in [6.07, 6.45) is 3.49. The van der Waals surface area contributed by atoms with E-state index in [4.69, 9.17) is 4.74 Å². The fourth-order valence-corrected chi connectivity index (χ4v) is 3.98. The number of amides is 2. The number of nitrogens with one attached hydrogen (secondary N) is 2. The number of aliphatic hydroxyl groups excluding tert-OH is 1. The van der Waals surface area contributed by atoms with E-state index in [1.807, 2.05) is 60.7 Å². The van der Waals surface area contributed by atoms with Crippen LogP contribution in [0.25, 0.3) is 0 Å². The Balaban J connectivity index is 2.23. The molecule has 5 atom stereocenters. The topological polar surface area (TPSA) is 105 Å². The molecule has 0 saturated carbocycles. The highest BCUT2D eigenvalue weighted by atomic mass is 16.5. The van der Waals surface area contributed by atoms with Crippen LogP contribution >= 0.6 is 0 Å². The number of benzene rings is 2. The van der Waals surface area contributed by atoms with Gasteiger partial charge in [0.2, 0.25) is 11.8 Å². The van der Waals surface area contributed by atoms with E-state index < -0.39 is 47.8 Å². The Hall–Kier alpha value is -3.71. The van der Waals surface area contributed by atoms with Crippen LogP contribution in [0, 0.1) is 11.8 Å². The number of esters is 1. The van der Waals surface area contributed by atoms with Crippen LogP contribution in [-0.4, -0.2) is 41.6 Å². The highest BCUT2D eigenvalue weighted by Gasteiger charge is 2.32. The van der Waals surface area contributed by atoms with Gasteiger partial charge >= 0.3 is 5.97 Å². The molecule has 0 aromatic heterocycles. The molecule has 0 radical (unpaired) electrons. The first-order valence-corrected chi connectivity index (χ1v) is 12.5. The quantitative estimate of drug-likeness (QED) is 0.193. The average molecular weight is 507 g/mol. The number of hydrogen-bond acceptors (Lipinski definition) is 5. The third-order valence-corrected chi connectivity index (χ3v) is 6.00. The Bertz CT molecular complexity index is 1020. The molecular weight excluding hydrogens is 468 g/mol. The van der Waals surface area contributed by atoms with Gasteiger partial charge in [0, 0.05) is 6.04 Å². The minimum Gasteiger partial charge on any atom is -0.455 e. The number of carbonyl (C=O) groups is 3. The van der Waals surface area contributed by atoms with Gasteiger partial charge in [0.15, 0.2) is 0 Å². The van der Waals surface area contributed by atoms with E-state index in [2.05, 4.69) is 23.8 Å². The number of rotatable bonds is 15. The molecule has 7 nitrogen and oxygen atoms in total. The lowest BCUT2D eigenvalue weighted by molar-refractivity contribution is -0.157. The minimum atomic E-state index is -1.03. The van der Waals surface area contributed by atoms with Gasteiger partial charge in [0.05, 0.1) is 18.6 Å². The first-order valence-electron chi connectivity index (χ1n) is 12.5. The zero-order valence-electron chi connectivity index (χ0n) is 21.6. The highest BCUT2D eigenvalue weighted by molar-refractivity contribution is 6.00. The second-order valence-electron chi connectivity index (χ2n) is 9.15. The van der Waals surface area contributed by atoms with Crippen LogP contribution in [-0.2, 0) is 25.5 Å². The van der Waals surface area contributed by atoms with Crippen LogP contribution in [0.2, 0.25) is 0 Å². The summed E-state index contributed by atoms with van der Waals surface area (Å²) in [5.74, 6) is -2.89. The van der Waals surface area contributed by atoms with Crippen LogP contribution in [0.1, 0.15) is 43.9 Å². The first-order chi connectivity index (χ1) is 17.8. The summed E-state index contributed by atoms with van der Waals surface area (Å²) in [4.78, 5) is 39.1. The third-order valence-electron chi connectivity index (χ3n) is 6.00. The summed E-state index contributed by atoms with van der Waals surface area (Å²) >= 11 is 0. The summed E-state index contributed by atoms with van der Waals surface area (Å²) in [5.41, 5.74) is 1.73. The molecule has 0 aliphatic rings. The standard InChI is InChI=1S/C30H38N2O5/c1-5-13-25(19-23-15-9-7-10-16-23)30(36)37-27(24-17-11-8-12-18-24)22(4)32-29(35)26(14-6-2)28(34)31-21(3)20-33/h5-12,15-18,21-22,25-27,33H,1-2,13-14,19-20H2,3-4H3,(H,31,34)(H,32,35)/t21-,22-,25-,26?,27-/m1/s1. The summed E-state index contributed by atoms with van der Waals surface area (Å²) in [7, 11) is 0. The predicted octanol–water partition coefficient (Wildman–Crippen LogP) is 3.90. The van der Waals surface area contributed by atoms with Gasteiger partial charge in [0.25, 0.3) is 0 Å². The van der Waals surface area contributed by atoms with Crippen molar-refractivity contribution < 1.29 is 24.2 Å². The molecule has 0 saturated heterocycles. The van der Waals surface area contributed by atoms with Gasteiger partial charge < -0.3 is 20.5 Å². The molecule has 0 spiro atoms. The van der Waals surface area contributed by atoms with E-state index in [9.17, 15) is 19.5 Å². The molecule has 0 fully saturated rings. The number of aliphatic hydroxyl groups is 1. The first kappa shape index (κ1) is 29.5. The molecule has 0 bridgehead atoms. The lowest BCUT2D eigenvalue weighted by atomic mass is 9.95. The van der Waals surface area contributed by atoms with Crippen LogP contribution in [0.3, 0.4) is 0 Å².